The quantitative estimate of drug-likeness (QED) is 0.337. The van der Waals surface area contributed by atoms with E-state index in [0.29, 0.717) is 5.02 Å². The molecule has 0 bridgehead atoms. The van der Waals surface area contributed by atoms with Crippen LogP contribution in [-0.4, -0.2) is 21.1 Å². The minimum absolute atomic E-state index is 0.712. The first kappa shape index (κ1) is 19.1. The Kier molecular flexibility index (Phi) is 6.88. The van der Waals surface area contributed by atoms with Gasteiger partial charge in [-0.1, -0.05) is 70.5 Å². The Morgan fingerprint density at radius 2 is 1.85 bits per heavy atom. The zero-order chi connectivity index (χ0) is 18.4. The van der Waals surface area contributed by atoms with Gasteiger partial charge < -0.3 is 0 Å². The highest BCUT2D eigenvalue weighted by molar-refractivity contribution is 9.10. The van der Waals surface area contributed by atoms with E-state index >= 15 is 0 Å². The molecule has 4 nitrogen and oxygen atoms in total. The van der Waals surface area contributed by atoms with Crippen LogP contribution in [0.2, 0.25) is 5.02 Å². The molecular weight excluding hydrogens is 432 g/mol. The summed E-state index contributed by atoms with van der Waals surface area (Å²) in [6.07, 6.45) is 3.64. The van der Waals surface area contributed by atoms with Crippen molar-refractivity contribution in [2.45, 2.75) is 30.7 Å². The summed E-state index contributed by atoms with van der Waals surface area (Å²) >= 11 is 11.0. The first-order valence-electron chi connectivity index (χ1n) is 8.27. The van der Waals surface area contributed by atoms with Gasteiger partial charge in [0, 0.05) is 21.7 Å². The zero-order valence-electron chi connectivity index (χ0n) is 14.3. The highest BCUT2D eigenvalue weighted by Gasteiger charge is 2.11. The summed E-state index contributed by atoms with van der Waals surface area (Å²) in [5.41, 5.74) is 2.21. The predicted octanol–water partition coefficient (Wildman–Crippen LogP) is 5.82. The Labute approximate surface area is 170 Å². The number of hydrogen-bond donors (Lipinski definition) is 0. The molecule has 0 aliphatic heterocycles. The number of halogens is 2. The first-order valence-corrected chi connectivity index (χ1v) is 10.4. The highest BCUT2D eigenvalue weighted by Crippen LogP contribution is 2.23. The van der Waals surface area contributed by atoms with Crippen molar-refractivity contribution >= 4 is 45.5 Å². The first-order chi connectivity index (χ1) is 12.7. The SMILES string of the molecule is CCCc1nnc(SCc2ccc(Br)cc2)n1/N=C\c1ccc(Cl)cc1. The van der Waals surface area contributed by atoms with Crippen molar-refractivity contribution < 1.29 is 0 Å². The van der Waals surface area contributed by atoms with Crippen molar-refractivity contribution in [1.82, 2.24) is 14.9 Å². The number of benzene rings is 2. The van der Waals surface area contributed by atoms with Crippen molar-refractivity contribution in [2.24, 2.45) is 5.10 Å². The van der Waals surface area contributed by atoms with E-state index < -0.39 is 0 Å². The van der Waals surface area contributed by atoms with Crippen LogP contribution in [0.15, 0.2) is 63.3 Å². The second-order valence-corrected chi connectivity index (χ2v) is 7.97. The lowest BCUT2D eigenvalue weighted by Crippen LogP contribution is -2.00. The van der Waals surface area contributed by atoms with Gasteiger partial charge in [0.2, 0.25) is 5.16 Å². The third-order valence-electron chi connectivity index (χ3n) is 3.62. The third kappa shape index (κ3) is 5.19. The van der Waals surface area contributed by atoms with E-state index in [1.807, 2.05) is 47.3 Å². The van der Waals surface area contributed by atoms with Gasteiger partial charge in [0.1, 0.15) is 0 Å². The number of thioether (sulfide) groups is 1. The summed E-state index contributed by atoms with van der Waals surface area (Å²) in [6, 6.07) is 15.9. The van der Waals surface area contributed by atoms with Crippen LogP contribution in [0.4, 0.5) is 0 Å². The van der Waals surface area contributed by atoms with E-state index in [1.165, 1.54) is 5.56 Å². The van der Waals surface area contributed by atoms with E-state index in [0.717, 1.165) is 39.6 Å². The predicted molar refractivity (Wildman–Crippen MR) is 112 cm³/mol. The average Bonchev–Trinajstić information content (AvgIpc) is 3.03. The summed E-state index contributed by atoms with van der Waals surface area (Å²) in [5.74, 6) is 1.68. The van der Waals surface area contributed by atoms with Gasteiger partial charge in [0.05, 0.1) is 6.21 Å². The molecule has 0 saturated carbocycles. The molecule has 0 N–H and O–H groups in total. The normalized spacial score (nSPS) is 11.3. The summed E-state index contributed by atoms with van der Waals surface area (Å²) in [6.45, 7) is 2.12. The number of nitrogens with zero attached hydrogens (tertiary/aromatic N) is 4. The molecule has 134 valence electrons. The van der Waals surface area contributed by atoms with Crippen LogP contribution in [0.5, 0.6) is 0 Å². The van der Waals surface area contributed by atoms with Crippen LogP contribution < -0.4 is 0 Å². The zero-order valence-corrected chi connectivity index (χ0v) is 17.4. The van der Waals surface area contributed by atoms with Gasteiger partial charge in [-0.05, 0) is 41.8 Å². The summed E-state index contributed by atoms with van der Waals surface area (Å²) in [4.78, 5) is 0. The second kappa shape index (κ2) is 9.35. The van der Waals surface area contributed by atoms with Crippen molar-refractivity contribution in [1.29, 1.82) is 0 Å². The summed E-state index contributed by atoms with van der Waals surface area (Å²) in [5, 5.41) is 14.7. The summed E-state index contributed by atoms with van der Waals surface area (Å²) in [7, 11) is 0. The molecule has 0 fully saturated rings. The second-order valence-electron chi connectivity index (χ2n) is 5.67. The highest BCUT2D eigenvalue weighted by atomic mass is 79.9. The Bertz CT molecular complexity index is 876. The van der Waals surface area contributed by atoms with E-state index in [2.05, 4.69) is 50.3 Å². The molecule has 3 rings (SSSR count). The summed E-state index contributed by atoms with van der Waals surface area (Å²) < 4.78 is 2.91. The largest absolute Gasteiger partial charge is 0.212 e. The lowest BCUT2D eigenvalue weighted by atomic mass is 10.2. The minimum atomic E-state index is 0.712. The smallest absolute Gasteiger partial charge is 0.191 e. The molecule has 1 aromatic heterocycles. The standard InChI is InChI=1S/C19H18BrClN4S/c1-2-3-18-23-24-19(26-13-15-4-8-16(20)9-5-15)25(18)22-12-14-6-10-17(21)11-7-14/h4-12H,2-3,13H2,1H3/b22-12-. The molecule has 26 heavy (non-hydrogen) atoms. The average molecular weight is 450 g/mol. The van der Waals surface area contributed by atoms with Crippen molar-refractivity contribution in [3.63, 3.8) is 0 Å². The van der Waals surface area contributed by atoms with Crippen LogP contribution in [0.3, 0.4) is 0 Å². The van der Waals surface area contributed by atoms with E-state index in [9.17, 15) is 0 Å². The van der Waals surface area contributed by atoms with Crippen molar-refractivity contribution in [3.05, 3.63) is 75.0 Å². The molecule has 0 radical (unpaired) electrons. The molecule has 2 aromatic carbocycles. The molecule has 0 aliphatic rings. The number of aromatic nitrogens is 3. The van der Waals surface area contributed by atoms with Crippen molar-refractivity contribution in [2.75, 3.05) is 0 Å². The maximum atomic E-state index is 5.94. The minimum Gasteiger partial charge on any atom is -0.191 e. The molecule has 0 unspecified atom stereocenters. The van der Waals surface area contributed by atoms with E-state index in [-0.39, 0.29) is 0 Å². The molecule has 1 heterocycles. The molecule has 0 saturated heterocycles. The molecular formula is C19H18BrClN4S. The van der Waals surface area contributed by atoms with Gasteiger partial charge in [-0.25, -0.2) is 0 Å². The van der Waals surface area contributed by atoms with Gasteiger partial charge in [-0.2, -0.15) is 9.78 Å². The fourth-order valence-corrected chi connectivity index (χ4v) is 3.53. The van der Waals surface area contributed by atoms with Gasteiger partial charge >= 0.3 is 0 Å². The molecule has 0 atom stereocenters. The molecule has 0 spiro atoms. The Hall–Kier alpha value is -1.63. The fraction of sp³-hybridized carbons (Fsp3) is 0.211. The Balaban J connectivity index is 1.79. The number of hydrogen-bond acceptors (Lipinski definition) is 4. The van der Waals surface area contributed by atoms with Gasteiger partial charge in [-0.3, -0.25) is 0 Å². The number of rotatable bonds is 7. The molecule has 0 aliphatic carbocycles. The van der Waals surface area contributed by atoms with Crippen LogP contribution in [-0.2, 0) is 12.2 Å². The maximum Gasteiger partial charge on any atom is 0.212 e. The molecule has 7 heteroatoms. The lowest BCUT2D eigenvalue weighted by Gasteiger charge is -2.04. The van der Waals surface area contributed by atoms with Gasteiger partial charge in [-0.15, -0.1) is 10.2 Å². The third-order valence-corrected chi connectivity index (χ3v) is 5.39. The Morgan fingerprint density at radius 3 is 2.54 bits per heavy atom. The van der Waals surface area contributed by atoms with Crippen LogP contribution in [0, 0.1) is 0 Å². The number of aryl methyl sites for hydroxylation is 1. The van der Waals surface area contributed by atoms with Gasteiger partial charge in [0.15, 0.2) is 5.82 Å². The van der Waals surface area contributed by atoms with E-state index in [1.54, 1.807) is 11.8 Å². The van der Waals surface area contributed by atoms with E-state index in [4.69, 9.17) is 11.6 Å². The topological polar surface area (TPSA) is 43.1 Å². The van der Waals surface area contributed by atoms with Crippen LogP contribution >= 0.6 is 39.3 Å². The van der Waals surface area contributed by atoms with Gasteiger partial charge in [0.25, 0.3) is 0 Å². The molecule has 0 amide bonds. The van der Waals surface area contributed by atoms with Crippen LogP contribution in [0.1, 0.15) is 30.3 Å². The lowest BCUT2D eigenvalue weighted by molar-refractivity contribution is 0.700. The van der Waals surface area contributed by atoms with Crippen molar-refractivity contribution in [3.8, 4) is 0 Å². The van der Waals surface area contributed by atoms with Crippen LogP contribution in [0.25, 0.3) is 0 Å². The molecule has 3 aromatic rings. The Morgan fingerprint density at radius 1 is 1.12 bits per heavy atom. The monoisotopic (exact) mass is 448 g/mol. The fourth-order valence-electron chi connectivity index (χ4n) is 2.28. The maximum absolute atomic E-state index is 5.94.